The van der Waals surface area contributed by atoms with E-state index in [1.165, 1.54) is 11.2 Å². The summed E-state index contributed by atoms with van der Waals surface area (Å²) in [7, 11) is 0. The van der Waals surface area contributed by atoms with Crippen molar-refractivity contribution in [2.75, 3.05) is 13.2 Å². The number of aromatic nitrogens is 5. The number of rotatable bonds is 11. The molecule has 4 aromatic rings. The third kappa shape index (κ3) is 8.04. The summed E-state index contributed by atoms with van der Waals surface area (Å²) in [5.41, 5.74) is 9.91. The Balaban J connectivity index is 1.36. The Kier molecular flexibility index (Phi) is 9.28. The number of ether oxygens (including phenoxy) is 1. The van der Waals surface area contributed by atoms with Crippen LogP contribution in [0.4, 0.5) is 4.79 Å². The topological polar surface area (TPSA) is 156 Å². The zero-order valence-electron chi connectivity index (χ0n) is 27.7. The van der Waals surface area contributed by atoms with Crippen molar-refractivity contribution in [1.82, 2.24) is 35.2 Å². The highest BCUT2D eigenvalue weighted by Crippen LogP contribution is 2.36. The summed E-state index contributed by atoms with van der Waals surface area (Å²) in [6.45, 7) is 8.52. The number of halogens is 1. The number of benzene rings is 2. The molecule has 0 unspecified atom stereocenters. The summed E-state index contributed by atoms with van der Waals surface area (Å²) in [5.74, 6) is 0.0659. The van der Waals surface area contributed by atoms with Gasteiger partial charge in [0, 0.05) is 35.0 Å². The Morgan fingerprint density at radius 1 is 1.19 bits per heavy atom. The number of nitrogens with one attached hydrogen (secondary N) is 2. The number of alkyl carbamates (subject to hydrolysis) is 1. The normalized spacial score (nSPS) is 16.3. The van der Waals surface area contributed by atoms with E-state index >= 15 is 0 Å². The Morgan fingerprint density at radius 3 is 2.58 bits per heavy atom. The van der Waals surface area contributed by atoms with Crippen molar-refractivity contribution in [3.63, 3.8) is 0 Å². The van der Waals surface area contributed by atoms with Crippen LogP contribution in [0.2, 0.25) is 5.02 Å². The SMILES string of the molecule is CC(C)(C)CCN=C(N)N(C(=O)c1ccc(-c2cnn(C3CC3)c2)cc1)[C@H](COC(=O)NC1(C)CC1)c1ccc(Cl)c(-c2ncn[nH]2)c1. The molecule has 13 heteroatoms. The summed E-state index contributed by atoms with van der Waals surface area (Å²) in [6.07, 6.45) is 9.47. The molecule has 0 spiro atoms. The third-order valence-electron chi connectivity index (χ3n) is 8.72. The number of amides is 2. The predicted octanol–water partition coefficient (Wildman–Crippen LogP) is 6.54. The van der Waals surface area contributed by atoms with Gasteiger partial charge in [-0.05, 0) is 79.8 Å². The first-order valence-electron chi connectivity index (χ1n) is 16.3. The number of aliphatic imine (C=N–C) groups is 1. The van der Waals surface area contributed by atoms with Crippen LogP contribution in [-0.2, 0) is 4.74 Å². The maximum atomic E-state index is 14.5. The fourth-order valence-corrected chi connectivity index (χ4v) is 5.50. The molecule has 4 N–H and O–H groups in total. The van der Waals surface area contributed by atoms with E-state index in [-0.39, 0.29) is 23.5 Å². The lowest BCUT2D eigenvalue weighted by atomic mass is 9.92. The molecule has 2 aromatic heterocycles. The molecule has 2 fully saturated rings. The Bertz CT molecular complexity index is 1790. The van der Waals surface area contributed by atoms with Crippen LogP contribution in [0.25, 0.3) is 22.5 Å². The standard InChI is InChI=1S/C35H42ClN9O3/c1-34(2,3)15-16-38-32(37)45(31(46)23-7-5-22(6-8-23)25-18-41-44(19-25)26-10-11-26)29(20-48-33(47)42-35(4)13-14-35)24-9-12-28(36)27(17-24)30-39-21-40-43-30/h5-9,12,17-19,21,26,29H,10-11,13-16,20H2,1-4H3,(H2,37,38)(H,42,47)(H,39,40,43)/t29-/m1/s1. The van der Waals surface area contributed by atoms with Gasteiger partial charge in [0.15, 0.2) is 11.8 Å². The molecule has 2 amide bonds. The molecule has 1 atom stereocenters. The minimum absolute atomic E-state index is 0.00341. The molecule has 0 radical (unpaired) electrons. The van der Waals surface area contributed by atoms with Crippen molar-refractivity contribution in [2.24, 2.45) is 16.1 Å². The van der Waals surface area contributed by atoms with E-state index < -0.39 is 18.0 Å². The lowest BCUT2D eigenvalue weighted by molar-refractivity contribution is 0.0697. The van der Waals surface area contributed by atoms with E-state index in [9.17, 15) is 9.59 Å². The molecule has 2 aromatic carbocycles. The first-order valence-corrected chi connectivity index (χ1v) is 16.7. The molecule has 2 aliphatic rings. The highest BCUT2D eigenvalue weighted by molar-refractivity contribution is 6.33. The number of aromatic amines is 1. The number of guanidine groups is 1. The smallest absolute Gasteiger partial charge is 0.407 e. The number of nitrogens with zero attached hydrogens (tertiary/aromatic N) is 6. The third-order valence-corrected chi connectivity index (χ3v) is 9.05. The van der Waals surface area contributed by atoms with E-state index in [2.05, 4.69) is 51.4 Å². The molecule has 0 saturated heterocycles. The maximum Gasteiger partial charge on any atom is 0.407 e. The number of hydrogen-bond acceptors (Lipinski definition) is 7. The van der Waals surface area contributed by atoms with E-state index in [1.807, 2.05) is 36.1 Å². The second-order valence-corrected chi connectivity index (χ2v) is 14.5. The number of nitrogens with two attached hydrogens (primary N) is 1. The van der Waals surface area contributed by atoms with Crippen LogP contribution in [0.1, 0.15) is 87.8 Å². The quantitative estimate of drug-likeness (QED) is 0.121. The molecule has 12 nitrogen and oxygen atoms in total. The van der Waals surface area contributed by atoms with Crippen molar-refractivity contribution in [2.45, 2.75) is 77.4 Å². The summed E-state index contributed by atoms with van der Waals surface area (Å²) in [6, 6.07) is 12.2. The summed E-state index contributed by atoms with van der Waals surface area (Å²) < 4.78 is 7.78. The van der Waals surface area contributed by atoms with Gasteiger partial charge in [0.25, 0.3) is 5.91 Å². The van der Waals surface area contributed by atoms with Crippen molar-refractivity contribution in [1.29, 1.82) is 0 Å². The van der Waals surface area contributed by atoms with Gasteiger partial charge >= 0.3 is 6.09 Å². The van der Waals surface area contributed by atoms with Crippen molar-refractivity contribution in [3.8, 4) is 22.5 Å². The van der Waals surface area contributed by atoms with Crippen LogP contribution < -0.4 is 11.1 Å². The summed E-state index contributed by atoms with van der Waals surface area (Å²) in [4.78, 5) is 37.8. The van der Waals surface area contributed by atoms with Gasteiger partial charge in [0.05, 0.1) is 23.3 Å². The number of H-pyrrole nitrogens is 1. The molecular formula is C35H42ClN9O3. The minimum Gasteiger partial charge on any atom is -0.447 e. The predicted molar refractivity (Wildman–Crippen MR) is 184 cm³/mol. The highest BCUT2D eigenvalue weighted by atomic mass is 35.5. The van der Waals surface area contributed by atoms with Crippen LogP contribution >= 0.6 is 11.6 Å². The van der Waals surface area contributed by atoms with Gasteiger partial charge in [-0.2, -0.15) is 10.2 Å². The zero-order chi connectivity index (χ0) is 34.1. The van der Waals surface area contributed by atoms with Gasteiger partial charge in [-0.15, -0.1) is 0 Å². The zero-order valence-corrected chi connectivity index (χ0v) is 28.5. The molecular weight excluding hydrogens is 630 g/mol. The first kappa shape index (κ1) is 33.2. The highest BCUT2D eigenvalue weighted by Gasteiger charge is 2.40. The largest absolute Gasteiger partial charge is 0.447 e. The van der Waals surface area contributed by atoms with Crippen LogP contribution in [0.15, 0.2) is 66.2 Å². The number of hydrogen-bond donors (Lipinski definition) is 3. The second-order valence-electron chi connectivity index (χ2n) is 14.1. The van der Waals surface area contributed by atoms with E-state index in [0.717, 1.165) is 43.2 Å². The van der Waals surface area contributed by atoms with Gasteiger partial charge in [-0.3, -0.25) is 24.5 Å². The van der Waals surface area contributed by atoms with Crippen molar-refractivity contribution < 1.29 is 14.3 Å². The molecule has 252 valence electrons. The van der Waals surface area contributed by atoms with Crippen LogP contribution in [0, 0.1) is 5.41 Å². The van der Waals surface area contributed by atoms with Gasteiger partial charge < -0.3 is 15.8 Å². The van der Waals surface area contributed by atoms with Gasteiger partial charge in [0.2, 0.25) is 0 Å². The molecule has 6 rings (SSSR count). The fraction of sp³-hybridized carbons (Fsp3) is 0.429. The van der Waals surface area contributed by atoms with Gasteiger partial charge in [0.1, 0.15) is 12.9 Å². The monoisotopic (exact) mass is 671 g/mol. The Labute approximate surface area is 285 Å². The lowest BCUT2D eigenvalue weighted by Gasteiger charge is -2.32. The average molecular weight is 672 g/mol. The molecule has 0 bridgehead atoms. The first-order chi connectivity index (χ1) is 22.9. The Hall–Kier alpha value is -4.71. The van der Waals surface area contributed by atoms with Gasteiger partial charge in [-0.1, -0.05) is 50.6 Å². The van der Waals surface area contributed by atoms with E-state index in [0.29, 0.717) is 40.1 Å². The molecule has 48 heavy (non-hydrogen) atoms. The fourth-order valence-electron chi connectivity index (χ4n) is 5.29. The Morgan fingerprint density at radius 2 is 1.94 bits per heavy atom. The van der Waals surface area contributed by atoms with Crippen LogP contribution in [0.3, 0.4) is 0 Å². The average Bonchev–Trinajstić information content (AvgIpc) is 3.89. The lowest BCUT2D eigenvalue weighted by Crippen LogP contribution is -2.47. The maximum absolute atomic E-state index is 14.5. The molecule has 2 saturated carbocycles. The number of carbonyl (C=O) groups is 2. The summed E-state index contributed by atoms with van der Waals surface area (Å²) >= 11 is 6.58. The van der Waals surface area contributed by atoms with E-state index in [1.54, 1.807) is 30.3 Å². The van der Waals surface area contributed by atoms with Crippen molar-refractivity contribution in [3.05, 3.63) is 77.3 Å². The molecule has 2 aliphatic carbocycles. The van der Waals surface area contributed by atoms with E-state index in [4.69, 9.17) is 22.1 Å². The minimum atomic E-state index is -0.857. The molecule has 0 aliphatic heterocycles. The van der Waals surface area contributed by atoms with Gasteiger partial charge in [-0.25, -0.2) is 9.78 Å². The van der Waals surface area contributed by atoms with Crippen LogP contribution in [0.5, 0.6) is 0 Å². The summed E-state index contributed by atoms with van der Waals surface area (Å²) in [5, 5.41) is 14.6. The van der Waals surface area contributed by atoms with Crippen LogP contribution in [-0.4, -0.2) is 66.5 Å². The molecule has 2 heterocycles. The second kappa shape index (κ2) is 13.4. The van der Waals surface area contributed by atoms with Crippen molar-refractivity contribution >= 4 is 29.6 Å². The number of carbonyl (C=O) groups excluding carboxylic acids is 2.